The van der Waals surface area contributed by atoms with Crippen molar-refractivity contribution >= 4 is 5.82 Å². The van der Waals surface area contributed by atoms with Crippen molar-refractivity contribution in [2.24, 2.45) is 5.92 Å². The van der Waals surface area contributed by atoms with Gasteiger partial charge in [0.05, 0.1) is 11.4 Å². The van der Waals surface area contributed by atoms with Gasteiger partial charge in [0.1, 0.15) is 5.82 Å². The van der Waals surface area contributed by atoms with Crippen LogP contribution in [0.1, 0.15) is 31.2 Å². The maximum atomic E-state index is 4.63. The summed E-state index contributed by atoms with van der Waals surface area (Å²) in [5.74, 6) is 1.86. The van der Waals surface area contributed by atoms with E-state index < -0.39 is 0 Å². The average Bonchev–Trinajstić information content (AvgIpc) is 2.41. The molecule has 1 N–H and O–H groups in total. The molecule has 2 heterocycles. The zero-order valence-corrected chi connectivity index (χ0v) is 11.9. The van der Waals surface area contributed by atoms with Crippen molar-refractivity contribution in [3.05, 3.63) is 17.6 Å². The van der Waals surface area contributed by atoms with Crippen molar-refractivity contribution in [3.8, 4) is 0 Å². The van der Waals surface area contributed by atoms with Gasteiger partial charge in [-0.1, -0.05) is 0 Å². The van der Waals surface area contributed by atoms with Gasteiger partial charge < -0.3 is 10.2 Å². The Morgan fingerprint density at radius 1 is 1.33 bits per heavy atom. The fourth-order valence-corrected chi connectivity index (χ4v) is 2.67. The van der Waals surface area contributed by atoms with Gasteiger partial charge in [-0.25, -0.2) is 4.98 Å². The number of rotatable bonds is 3. The highest BCUT2D eigenvalue weighted by atomic mass is 15.2. The molecule has 0 spiro atoms. The number of nitrogens with one attached hydrogen (secondary N) is 1. The molecular weight excluding hydrogens is 224 g/mol. The topological polar surface area (TPSA) is 41.0 Å². The Labute approximate surface area is 110 Å². The normalized spacial score (nSPS) is 19.0. The minimum atomic E-state index is 0.608. The van der Waals surface area contributed by atoms with Crippen molar-refractivity contribution in [1.82, 2.24) is 15.3 Å². The van der Waals surface area contributed by atoms with Crippen molar-refractivity contribution < 1.29 is 0 Å². The quantitative estimate of drug-likeness (QED) is 0.887. The van der Waals surface area contributed by atoms with E-state index >= 15 is 0 Å². The smallest absolute Gasteiger partial charge is 0.150 e. The van der Waals surface area contributed by atoms with E-state index in [9.17, 15) is 0 Å². The maximum absolute atomic E-state index is 4.63. The summed E-state index contributed by atoms with van der Waals surface area (Å²) >= 11 is 0. The molecule has 18 heavy (non-hydrogen) atoms. The molecule has 0 bridgehead atoms. The average molecular weight is 248 g/mol. The summed E-state index contributed by atoms with van der Waals surface area (Å²) in [6.45, 7) is 8.51. The van der Waals surface area contributed by atoms with E-state index in [-0.39, 0.29) is 0 Å². The molecule has 4 heteroatoms. The van der Waals surface area contributed by atoms with Crippen LogP contribution in [0.4, 0.5) is 5.82 Å². The van der Waals surface area contributed by atoms with Gasteiger partial charge in [0.15, 0.2) is 0 Å². The summed E-state index contributed by atoms with van der Waals surface area (Å²) in [6.07, 6.45) is 4.31. The van der Waals surface area contributed by atoms with Crippen LogP contribution in [0.25, 0.3) is 0 Å². The maximum Gasteiger partial charge on any atom is 0.150 e. The van der Waals surface area contributed by atoms with E-state index in [0.717, 1.165) is 36.2 Å². The van der Waals surface area contributed by atoms with E-state index in [2.05, 4.69) is 27.1 Å². The number of aryl methyl sites for hydroxylation is 2. The first-order valence-electron chi connectivity index (χ1n) is 6.84. The second-order valence-electron chi connectivity index (χ2n) is 5.32. The summed E-state index contributed by atoms with van der Waals surface area (Å²) < 4.78 is 0. The molecular formula is C14H24N4. The van der Waals surface area contributed by atoms with Crippen LogP contribution in [0, 0.1) is 19.8 Å². The first kappa shape index (κ1) is 13.3. The second kappa shape index (κ2) is 5.65. The van der Waals surface area contributed by atoms with Crippen molar-refractivity contribution in [3.63, 3.8) is 0 Å². The third-order valence-corrected chi connectivity index (χ3v) is 4.05. The third kappa shape index (κ3) is 2.80. The van der Waals surface area contributed by atoms with E-state index in [0.29, 0.717) is 6.04 Å². The van der Waals surface area contributed by atoms with E-state index in [1.807, 2.05) is 27.1 Å². The monoisotopic (exact) mass is 248 g/mol. The summed E-state index contributed by atoms with van der Waals surface area (Å²) in [5, 5.41) is 3.36. The molecule has 0 amide bonds. The minimum Gasteiger partial charge on any atom is -0.355 e. The molecule has 1 fully saturated rings. The molecule has 1 aliphatic rings. The summed E-state index contributed by atoms with van der Waals surface area (Å²) in [7, 11) is 2.05. The molecule has 0 saturated carbocycles. The summed E-state index contributed by atoms with van der Waals surface area (Å²) in [4.78, 5) is 11.4. The van der Waals surface area contributed by atoms with Gasteiger partial charge in [0, 0.05) is 25.3 Å². The molecule has 0 aromatic carbocycles. The fourth-order valence-electron chi connectivity index (χ4n) is 2.67. The number of aromatic nitrogens is 2. The van der Waals surface area contributed by atoms with Gasteiger partial charge in [-0.3, -0.25) is 4.98 Å². The highest BCUT2D eigenvalue weighted by molar-refractivity contribution is 5.43. The van der Waals surface area contributed by atoms with E-state index in [1.165, 1.54) is 12.8 Å². The van der Waals surface area contributed by atoms with Gasteiger partial charge in [-0.2, -0.15) is 0 Å². The number of hydrogen-bond donors (Lipinski definition) is 1. The van der Waals surface area contributed by atoms with Crippen LogP contribution in [0.2, 0.25) is 0 Å². The lowest BCUT2D eigenvalue weighted by molar-refractivity contribution is 0.322. The first-order valence-corrected chi connectivity index (χ1v) is 6.84. The predicted molar refractivity (Wildman–Crippen MR) is 75.0 cm³/mol. The SMILES string of the molecule is CNC(C)C1CCN(c2nc(C)cnc2C)CC1. The minimum absolute atomic E-state index is 0.608. The third-order valence-electron chi connectivity index (χ3n) is 4.05. The number of nitrogens with zero attached hydrogens (tertiary/aromatic N) is 3. The lowest BCUT2D eigenvalue weighted by Gasteiger charge is -2.35. The van der Waals surface area contributed by atoms with Crippen molar-refractivity contribution in [1.29, 1.82) is 0 Å². The van der Waals surface area contributed by atoms with Crippen LogP contribution in [0.5, 0.6) is 0 Å². The Morgan fingerprint density at radius 3 is 2.61 bits per heavy atom. The first-order chi connectivity index (χ1) is 8.61. The van der Waals surface area contributed by atoms with E-state index in [1.54, 1.807) is 0 Å². The van der Waals surface area contributed by atoms with Crippen molar-refractivity contribution in [2.45, 2.75) is 39.7 Å². The number of anilines is 1. The van der Waals surface area contributed by atoms with Gasteiger partial charge >= 0.3 is 0 Å². The number of piperidine rings is 1. The highest BCUT2D eigenvalue weighted by Crippen LogP contribution is 2.25. The molecule has 0 aliphatic carbocycles. The zero-order chi connectivity index (χ0) is 13.1. The van der Waals surface area contributed by atoms with E-state index in [4.69, 9.17) is 0 Å². The predicted octanol–water partition coefficient (Wildman–Crippen LogP) is 1.92. The Hall–Kier alpha value is -1.16. The highest BCUT2D eigenvalue weighted by Gasteiger charge is 2.24. The molecule has 1 atom stereocenters. The van der Waals surface area contributed by atoms with Gasteiger partial charge in [-0.15, -0.1) is 0 Å². The lowest BCUT2D eigenvalue weighted by atomic mass is 9.90. The molecule has 4 nitrogen and oxygen atoms in total. The molecule has 0 radical (unpaired) electrons. The largest absolute Gasteiger partial charge is 0.355 e. The molecule has 1 aromatic heterocycles. The second-order valence-corrected chi connectivity index (χ2v) is 5.32. The molecule has 1 saturated heterocycles. The Morgan fingerprint density at radius 2 is 2.00 bits per heavy atom. The van der Waals surface area contributed by atoms with Gasteiger partial charge in [0.2, 0.25) is 0 Å². The molecule has 1 aromatic rings. The Balaban J connectivity index is 2.03. The lowest BCUT2D eigenvalue weighted by Crippen LogP contribution is -2.41. The van der Waals surface area contributed by atoms with Gasteiger partial charge in [-0.05, 0) is 46.6 Å². The molecule has 100 valence electrons. The van der Waals surface area contributed by atoms with Crippen LogP contribution < -0.4 is 10.2 Å². The summed E-state index contributed by atoms with van der Waals surface area (Å²) in [5.41, 5.74) is 2.04. The van der Waals surface area contributed by atoms with Crippen LogP contribution in [0.3, 0.4) is 0 Å². The molecule has 1 unspecified atom stereocenters. The zero-order valence-electron chi connectivity index (χ0n) is 11.9. The van der Waals surface area contributed by atoms with Crippen LogP contribution in [-0.2, 0) is 0 Å². The van der Waals surface area contributed by atoms with Gasteiger partial charge in [0.25, 0.3) is 0 Å². The Kier molecular flexibility index (Phi) is 4.17. The van der Waals surface area contributed by atoms with Crippen LogP contribution in [-0.4, -0.2) is 36.1 Å². The standard InChI is InChI=1S/C14H24N4/c1-10-9-16-12(3)14(17-10)18-7-5-13(6-8-18)11(2)15-4/h9,11,13,15H,5-8H2,1-4H3. The van der Waals surface area contributed by atoms with Crippen LogP contribution in [0.15, 0.2) is 6.20 Å². The molecule has 2 rings (SSSR count). The molecule has 1 aliphatic heterocycles. The fraction of sp³-hybridized carbons (Fsp3) is 0.714. The van der Waals surface area contributed by atoms with Crippen molar-refractivity contribution in [2.75, 3.05) is 25.0 Å². The van der Waals surface area contributed by atoms with Crippen LogP contribution >= 0.6 is 0 Å². The Bertz CT molecular complexity index is 397. The number of hydrogen-bond acceptors (Lipinski definition) is 4. The summed E-state index contributed by atoms with van der Waals surface area (Å²) in [6, 6.07) is 0.608.